The number of carbonyl (C=O) groups excluding carboxylic acids is 2. The lowest BCUT2D eigenvalue weighted by molar-refractivity contribution is -0.112. The summed E-state index contributed by atoms with van der Waals surface area (Å²) in [5.74, 6) is 0.324. The van der Waals surface area contributed by atoms with Gasteiger partial charge in [-0.1, -0.05) is 24.8 Å². The standard InChI is InChI=1S/C20H20N2O4/c1-4-11-26-17-8-5-15(6-9-17)12-14(2)19(23)22-18-10-7-16(13-21-18)20(24)25-3/h4-10,12-13H,1,11H2,2-3H3,(H,21,22,23). The van der Waals surface area contributed by atoms with Crippen LogP contribution in [0.5, 0.6) is 5.75 Å². The molecule has 0 radical (unpaired) electrons. The van der Waals surface area contributed by atoms with Crippen LogP contribution in [-0.2, 0) is 9.53 Å². The molecule has 1 N–H and O–H groups in total. The predicted molar refractivity (Wildman–Crippen MR) is 100.0 cm³/mol. The van der Waals surface area contributed by atoms with Crippen molar-refractivity contribution >= 4 is 23.8 Å². The quantitative estimate of drug-likeness (QED) is 0.469. The fourth-order valence-electron chi connectivity index (χ4n) is 2.05. The first-order valence-electron chi connectivity index (χ1n) is 7.91. The monoisotopic (exact) mass is 352 g/mol. The van der Waals surface area contributed by atoms with Gasteiger partial charge in [-0.05, 0) is 42.8 Å². The molecule has 134 valence electrons. The van der Waals surface area contributed by atoms with Crippen molar-refractivity contribution in [1.29, 1.82) is 0 Å². The molecule has 0 atom stereocenters. The minimum atomic E-state index is -0.480. The number of nitrogens with one attached hydrogen (secondary N) is 1. The Labute approximate surface area is 152 Å². The van der Waals surface area contributed by atoms with Crippen molar-refractivity contribution in [3.63, 3.8) is 0 Å². The molecule has 1 aromatic carbocycles. The Balaban J connectivity index is 2.00. The molecule has 0 bridgehead atoms. The lowest BCUT2D eigenvalue weighted by atomic mass is 10.1. The normalized spacial score (nSPS) is 10.8. The molecule has 0 aliphatic rings. The van der Waals surface area contributed by atoms with Crippen molar-refractivity contribution in [2.24, 2.45) is 0 Å². The number of nitrogens with zero attached hydrogens (tertiary/aromatic N) is 1. The molecular formula is C20H20N2O4. The van der Waals surface area contributed by atoms with Gasteiger partial charge in [-0.25, -0.2) is 9.78 Å². The van der Waals surface area contributed by atoms with Gasteiger partial charge in [-0.2, -0.15) is 0 Å². The van der Waals surface area contributed by atoms with Crippen LogP contribution in [-0.4, -0.2) is 30.6 Å². The van der Waals surface area contributed by atoms with Gasteiger partial charge in [0, 0.05) is 11.8 Å². The van der Waals surface area contributed by atoms with Crippen LogP contribution in [0.1, 0.15) is 22.8 Å². The van der Waals surface area contributed by atoms with Crippen LogP contribution in [0.25, 0.3) is 6.08 Å². The molecule has 1 heterocycles. The van der Waals surface area contributed by atoms with Gasteiger partial charge >= 0.3 is 5.97 Å². The highest BCUT2D eigenvalue weighted by atomic mass is 16.5. The summed E-state index contributed by atoms with van der Waals surface area (Å²) in [4.78, 5) is 27.7. The Morgan fingerprint density at radius 2 is 1.92 bits per heavy atom. The molecule has 2 aromatic rings. The number of esters is 1. The number of hydrogen-bond acceptors (Lipinski definition) is 5. The van der Waals surface area contributed by atoms with Crippen LogP contribution in [0.3, 0.4) is 0 Å². The zero-order valence-electron chi connectivity index (χ0n) is 14.7. The number of amides is 1. The van der Waals surface area contributed by atoms with Crippen molar-refractivity contribution in [1.82, 2.24) is 4.98 Å². The summed E-state index contributed by atoms with van der Waals surface area (Å²) in [5.41, 5.74) is 1.71. The number of anilines is 1. The summed E-state index contributed by atoms with van der Waals surface area (Å²) in [5, 5.41) is 2.68. The topological polar surface area (TPSA) is 77.5 Å². The number of pyridine rings is 1. The van der Waals surface area contributed by atoms with Gasteiger partial charge < -0.3 is 14.8 Å². The first-order valence-corrected chi connectivity index (χ1v) is 7.91. The van der Waals surface area contributed by atoms with E-state index in [0.29, 0.717) is 23.6 Å². The Hall–Kier alpha value is -3.41. The highest BCUT2D eigenvalue weighted by Crippen LogP contribution is 2.15. The van der Waals surface area contributed by atoms with Gasteiger partial charge in [0.15, 0.2) is 0 Å². The molecule has 1 amide bonds. The second-order valence-electron chi connectivity index (χ2n) is 5.37. The van der Waals surface area contributed by atoms with E-state index >= 15 is 0 Å². The largest absolute Gasteiger partial charge is 0.490 e. The number of methoxy groups -OCH3 is 1. The van der Waals surface area contributed by atoms with E-state index in [1.165, 1.54) is 19.4 Å². The van der Waals surface area contributed by atoms with Crippen LogP contribution in [0, 0.1) is 0 Å². The Morgan fingerprint density at radius 3 is 2.50 bits per heavy atom. The van der Waals surface area contributed by atoms with Gasteiger partial charge in [0.05, 0.1) is 12.7 Å². The van der Waals surface area contributed by atoms with Crippen LogP contribution in [0.15, 0.2) is 60.8 Å². The third-order valence-corrected chi connectivity index (χ3v) is 3.42. The van der Waals surface area contributed by atoms with E-state index < -0.39 is 5.97 Å². The number of ether oxygens (including phenoxy) is 2. The zero-order chi connectivity index (χ0) is 18.9. The Bertz CT molecular complexity index is 809. The molecule has 0 spiro atoms. The number of carbonyl (C=O) groups is 2. The summed E-state index contributed by atoms with van der Waals surface area (Å²) >= 11 is 0. The van der Waals surface area contributed by atoms with Gasteiger partial charge in [-0.15, -0.1) is 0 Å². The van der Waals surface area contributed by atoms with Crippen LogP contribution >= 0.6 is 0 Å². The summed E-state index contributed by atoms with van der Waals surface area (Å²) in [6.45, 7) is 5.75. The van der Waals surface area contributed by atoms with Gasteiger partial charge in [0.25, 0.3) is 5.91 Å². The minimum absolute atomic E-state index is 0.282. The van der Waals surface area contributed by atoms with Crippen LogP contribution in [0.4, 0.5) is 5.82 Å². The van der Waals surface area contributed by atoms with Gasteiger partial charge in [0.1, 0.15) is 18.2 Å². The maximum absolute atomic E-state index is 12.3. The second-order valence-corrected chi connectivity index (χ2v) is 5.37. The fraction of sp³-hybridized carbons (Fsp3) is 0.150. The minimum Gasteiger partial charge on any atom is -0.490 e. The van der Waals surface area contributed by atoms with Crippen LogP contribution in [0.2, 0.25) is 0 Å². The highest BCUT2D eigenvalue weighted by Gasteiger charge is 2.09. The summed E-state index contributed by atoms with van der Waals surface area (Å²) in [6.07, 6.45) is 4.78. The SMILES string of the molecule is C=CCOc1ccc(C=C(C)C(=O)Nc2ccc(C(=O)OC)cn2)cc1. The Morgan fingerprint density at radius 1 is 1.19 bits per heavy atom. The fourth-order valence-corrected chi connectivity index (χ4v) is 2.05. The lowest BCUT2D eigenvalue weighted by Gasteiger charge is -2.06. The van der Waals surface area contributed by atoms with Gasteiger partial charge in [0.2, 0.25) is 0 Å². The van der Waals surface area contributed by atoms with E-state index in [4.69, 9.17) is 4.74 Å². The van der Waals surface area contributed by atoms with Crippen molar-refractivity contribution < 1.29 is 19.1 Å². The first-order chi connectivity index (χ1) is 12.5. The Kier molecular flexibility index (Phi) is 6.68. The van der Waals surface area contributed by atoms with E-state index in [9.17, 15) is 9.59 Å². The van der Waals surface area contributed by atoms with Crippen molar-refractivity contribution in [3.8, 4) is 5.75 Å². The van der Waals surface area contributed by atoms with E-state index in [1.807, 2.05) is 24.3 Å². The molecule has 0 saturated heterocycles. The van der Waals surface area contributed by atoms with E-state index in [2.05, 4.69) is 21.6 Å². The maximum Gasteiger partial charge on any atom is 0.339 e. The third-order valence-electron chi connectivity index (χ3n) is 3.42. The molecule has 0 fully saturated rings. The number of rotatable bonds is 7. The number of aromatic nitrogens is 1. The van der Waals surface area contributed by atoms with Crippen LogP contribution < -0.4 is 10.1 Å². The van der Waals surface area contributed by atoms with Gasteiger partial charge in [-0.3, -0.25) is 4.79 Å². The average molecular weight is 352 g/mol. The average Bonchev–Trinajstić information content (AvgIpc) is 2.67. The molecule has 0 unspecified atom stereocenters. The smallest absolute Gasteiger partial charge is 0.339 e. The molecule has 6 heteroatoms. The summed E-state index contributed by atoms with van der Waals surface area (Å²) < 4.78 is 10.0. The zero-order valence-corrected chi connectivity index (χ0v) is 14.7. The molecule has 2 rings (SSSR count). The van der Waals surface area contributed by atoms with E-state index in [1.54, 1.807) is 25.1 Å². The van der Waals surface area contributed by atoms with Crippen molar-refractivity contribution in [3.05, 3.63) is 72.0 Å². The highest BCUT2D eigenvalue weighted by molar-refractivity contribution is 6.05. The molecule has 0 aliphatic carbocycles. The molecule has 0 aliphatic heterocycles. The predicted octanol–water partition coefficient (Wildman–Crippen LogP) is 3.48. The molecular weight excluding hydrogens is 332 g/mol. The molecule has 0 saturated carbocycles. The lowest BCUT2D eigenvalue weighted by Crippen LogP contribution is -2.14. The summed E-state index contributed by atoms with van der Waals surface area (Å²) in [6, 6.07) is 10.5. The third kappa shape index (κ3) is 5.31. The second kappa shape index (κ2) is 9.17. The molecule has 6 nitrogen and oxygen atoms in total. The number of benzene rings is 1. The van der Waals surface area contributed by atoms with Crippen molar-refractivity contribution in [2.75, 3.05) is 19.0 Å². The molecule has 26 heavy (non-hydrogen) atoms. The number of hydrogen-bond donors (Lipinski definition) is 1. The summed E-state index contributed by atoms with van der Waals surface area (Å²) in [7, 11) is 1.30. The van der Waals surface area contributed by atoms with E-state index in [0.717, 1.165) is 11.3 Å². The maximum atomic E-state index is 12.3. The molecule has 1 aromatic heterocycles. The van der Waals surface area contributed by atoms with Crippen molar-refractivity contribution in [2.45, 2.75) is 6.92 Å². The van der Waals surface area contributed by atoms with E-state index in [-0.39, 0.29) is 5.91 Å². The first kappa shape index (κ1) is 18.9.